The molecule has 1 aromatic rings. The summed E-state index contributed by atoms with van der Waals surface area (Å²) in [5.41, 5.74) is -0.677. The van der Waals surface area contributed by atoms with E-state index < -0.39 is 36.8 Å². The molecule has 2 rings (SSSR count). The Morgan fingerprint density at radius 1 is 1.50 bits per heavy atom. The Morgan fingerprint density at radius 3 is 2.72 bits per heavy atom. The van der Waals surface area contributed by atoms with Gasteiger partial charge in [-0.25, -0.2) is 9.78 Å². The van der Waals surface area contributed by atoms with Crippen LogP contribution in [-0.4, -0.2) is 61.8 Å². The van der Waals surface area contributed by atoms with Gasteiger partial charge in [-0.2, -0.15) is 4.98 Å². The zero-order chi connectivity index (χ0) is 13.3. The number of aliphatic hydroxyl groups is 3. The van der Waals surface area contributed by atoms with Crippen LogP contribution in [0.5, 0.6) is 0 Å². The van der Waals surface area contributed by atoms with E-state index in [1.165, 1.54) is 0 Å². The van der Waals surface area contributed by atoms with Gasteiger partial charge in [-0.05, 0) is 0 Å². The van der Waals surface area contributed by atoms with Crippen molar-refractivity contribution in [3.05, 3.63) is 16.8 Å². The van der Waals surface area contributed by atoms with Gasteiger partial charge in [-0.15, -0.1) is 0 Å². The summed E-state index contributed by atoms with van der Waals surface area (Å²) in [7, 11) is 1.56. The first-order chi connectivity index (χ1) is 8.58. The second-order valence-electron chi connectivity index (χ2n) is 3.85. The molecule has 1 aliphatic rings. The molecule has 4 atom stereocenters. The van der Waals surface area contributed by atoms with Gasteiger partial charge in [0.05, 0.1) is 6.61 Å². The highest BCUT2D eigenvalue weighted by Crippen LogP contribution is 2.27. The average molecular weight is 258 g/mol. The van der Waals surface area contributed by atoms with Crippen molar-refractivity contribution in [2.45, 2.75) is 24.5 Å². The molecule has 1 fully saturated rings. The molecule has 0 aromatic carbocycles. The van der Waals surface area contributed by atoms with E-state index in [1.807, 2.05) is 0 Å². The molecule has 18 heavy (non-hydrogen) atoms. The second-order valence-corrected chi connectivity index (χ2v) is 3.85. The maximum atomic E-state index is 11.7. The standard InChI is InChI=1S/C9H14N4O5/c1-10-8-11-3-13(9(17)12-8)7-6(16)5(15)4(2-14)18-7/h3-7,14-16H,2H2,1H3,(H,10,12,17)/t4-,5?,6?,7-/m1/s1. The highest BCUT2D eigenvalue weighted by Gasteiger charge is 2.43. The lowest BCUT2D eigenvalue weighted by Crippen LogP contribution is -2.36. The zero-order valence-corrected chi connectivity index (χ0v) is 9.59. The average Bonchev–Trinajstić information content (AvgIpc) is 2.66. The number of rotatable bonds is 3. The molecule has 9 heteroatoms. The number of anilines is 1. The molecule has 0 aliphatic carbocycles. The molecule has 0 amide bonds. The Morgan fingerprint density at radius 2 is 2.22 bits per heavy atom. The molecule has 2 unspecified atom stereocenters. The van der Waals surface area contributed by atoms with Gasteiger partial charge in [0.25, 0.3) is 0 Å². The second kappa shape index (κ2) is 4.98. The summed E-state index contributed by atoms with van der Waals surface area (Å²) in [6.45, 7) is -0.459. The Hall–Kier alpha value is -1.55. The highest BCUT2D eigenvalue weighted by molar-refractivity contribution is 5.18. The minimum Gasteiger partial charge on any atom is -0.394 e. The monoisotopic (exact) mass is 258 g/mol. The molecule has 0 spiro atoms. The molecule has 0 saturated carbocycles. The van der Waals surface area contributed by atoms with Crippen LogP contribution in [0.1, 0.15) is 6.23 Å². The lowest BCUT2D eigenvalue weighted by Gasteiger charge is -2.16. The van der Waals surface area contributed by atoms with Crippen LogP contribution in [0.2, 0.25) is 0 Å². The third-order valence-corrected chi connectivity index (χ3v) is 2.74. The van der Waals surface area contributed by atoms with Crippen LogP contribution < -0.4 is 11.0 Å². The maximum absolute atomic E-state index is 11.7. The SMILES string of the molecule is CNc1ncn([C@@H]2O[C@H](CO)C(O)C2O)c(=O)n1. The minimum absolute atomic E-state index is 0.142. The summed E-state index contributed by atoms with van der Waals surface area (Å²) in [6.07, 6.45) is -3.50. The number of aliphatic hydroxyl groups excluding tert-OH is 3. The molecular weight excluding hydrogens is 244 g/mol. The van der Waals surface area contributed by atoms with E-state index in [0.717, 1.165) is 10.9 Å². The van der Waals surface area contributed by atoms with Crippen molar-refractivity contribution in [3.63, 3.8) is 0 Å². The van der Waals surface area contributed by atoms with Crippen LogP contribution in [0.25, 0.3) is 0 Å². The first kappa shape index (κ1) is 12.9. The van der Waals surface area contributed by atoms with Crippen LogP contribution in [0.15, 0.2) is 11.1 Å². The van der Waals surface area contributed by atoms with Gasteiger partial charge in [0.2, 0.25) is 5.95 Å². The normalized spacial score (nSPS) is 31.6. The summed E-state index contributed by atoms with van der Waals surface area (Å²) in [6, 6.07) is 0. The number of ether oxygens (including phenoxy) is 1. The van der Waals surface area contributed by atoms with Gasteiger partial charge in [-0.1, -0.05) is 0 Å². The van der Waals surface area contributed by atoms with E-state index >= 15 is 0 Å². The summed E-state index contributed by atoms with van der Waals surface area (Å²) in [4.78, 5) is 19.1. The van der Waals surface area contributed by atoms with Gasteiger partial charge in [0.1, 0.15) is 24.6 Å². The van der Waals surface area contributed by atoms with E-state index in [9.17, 15) is 15.0 Å². The van der Waals surface area contributed by atoms with E-state index in [4.69, 9.17) is 9.84 Å². The number of hydrogen-bond donors (Lipinski definition) is 4. The number of aromatic nitrogens is 3. The van der Waals surface area contributed by atoms with E-state index in [1.54, 1.807) is 7.05 Å². The molecule has 1 aromatic heterocycles. The van der Waals surface area contributed by atoms with Crippen LogP contribution in [-0.2, 0) is 4.74 Å². The predicted octanol–water partition coefficient (Wildman–Crippen LogP) is -2.71. The van der Waals surface area contributed by atoms with Gasteiger partial charge in [-0.3, -0.25) is 4.57 Å². The van der Waals surface area contributed by atoms with Gasteiger partial charge in [0.15, 0.2) is 6.23 Å². The summed E-state index contributed by atoms with van der Waals surface area (Å²) in [5, 5.41) is 30.9. The molecule has 0 radical (unpaired) electrons. The molecule has 100 valence electrons. The first-order valence-corrected chi connectivity index (χ1v) is 5.34. The van der Waals surface area contributed by atoms with Crippen LogP contribution >= 0.6 is 0 Å². The summed E-state index contributed by atoms with van der Waals surface area (Å²) in [5.74, 6) is 0.142. The molecular formula is C9H14N4O5. The lowest BCUT2D eigenvalue weighted by molar-refractivity contribution is -0.0554. The molecule has 1 aliphatic heterocycles. The minimum atomic E-state index is -1.33. The van der Waals surface area contributed by atoms with Crippen molar-refractivity contribution in [1.82, 2.24) is 14.5 Å². The van der Waals surface area contributed by atoms with Crippen molar-refractivity contribution in [3.8, 4) is 0 Å². The summed E-state index contributed by atoms with van der Waals surface area (Å²) >= 11 is 0. The number of nitrogens with one attached hydrogen (secondary N) is 1. The van der Waals surface area contributed by atoms with E-state index in [-0.39, 0.29) is 5.95 Å². The van der Waals surface area contributed by atoms with Crippen LogP contribution in [0.3, 0.4) is 0 Å². The fourth-order valence-corrected chi connectivity index (χ4v) is 1.75. The smallest absolute Gasteiger partial charge is 0.354 e. The number of hydrogen-bond acceptors (Lipinski definition) is 8. The molecule has 2 heterocycles. The Labute approximate surface area is 102 Å². The van der Waals surface area contributed by atoms with Crippen molar-refractivity contribution >= 4 is 5.95 Å². The Balaban J connectivity index is 2.30. The number of nitrogens with zero attached hydrogens (tertiary/aromatic N) is 3. The van der Waals surface area contributed by atoms with Crippen molar-refractivity contribution in [2.75, 3.05) is 19.0 Å². The van der Waals surface area contributed by atoms with Gasteiger partial charge in [0, 0.05) is 7.05 Å². The molecule has 4 N–H and O–H groups in total. The first-order valence-electron chi connectivity index (χ1n) is 5.34. The Bertz CT molecular complexity index is 478. The largest absolute Gasteiger partial charge is 0.394 e. The molecule has 0 bridgehead atoms. The van der Waals surface area contributed by atoms with Crippen molar-refractivity contribution in [1.29, 1.82) is 0 Å². The third-order valence-electron chi connectivity index (χ3n) is 2.74. The fourth-order valence-electron chi connectivity index (χ4n) is 1.75. The summed E-state index contributed by atoms with van der Waals surface area (Å²) < 4.78 is 6.15. The predicted molar refractivity (Wildman–Crippen MR) is 58.8 cm³/mol. The van der Waals surface area contributed by atoms with Crippen molar-refractivity contribution in [2.24, 2.45) is 0 Å². The van der Waals surface area contributed by atoms with Crippen molar-refractivity contribution < 1.29 is 20.1 Å². The van der Waals surface area contributed by atoms with Crippen LogP contribution in [0, 0.1) is 0 Å². The fraction of sp³-hybridized carbons (Fsp3) is 0.667. The Kier molecular flexibility index (Phi) is 3.57. The molecule has 9 nitrogen and oxygen atoms in total. The van der Waals surface area contributed by atoms with Gasteiger partial charge >= 0.3 is 5.69 Å². The quantitative estimate of drug-likeness (QED) is 0.460. The zero-order valence-electron chi connectivity index (χ0n) is 9.59. The lowest BCUT2D eigenvalue weighted by atomic mass is 10.1. The third kappa shape index (κ3) is 2.08. The topological polar surface area (TPSA) is 130 Å². The van der Waals surface area contributed by atoms with E-state index in [2.05, 4.69) is 15.3 Å². The van der Waals surface area contributed by atoms with Gasteiger partial charge < -0.3 is 25.4 Å². The van der Waals surface area contributed by atoms with Crippen LogP contribution in [0.4, 0.5) is 5.95 Å². The van der Waals surface area contributed by atoms with E-state index in [0.29, 0.717) is 0 Å². The molecule has 1 saturated heterocycles. The maximum Gasteiger partial charge on any atom is 0.354 e. The highest BCUT2D eigenvalue weighted by atomic mass is 16.6.